The first kappa shape index (κ1) is 21.3. The Morgan fingerprint density at radius 3 is 2.32 bits per heavy atom. The zero-order chi connectivity index (χ0) is 22.0. The summed E-state index contributed by atoms with van der Waals surface area (Å²) >= 11 is 0. The molecule has 31 heavy (non-hydrogen) atoms. The Kier molecular flexibility index (Phi) is 5.98. The van der Waals surface area contributed by atoms with Crippen molar-refractivity contribution >= 4 is 38.1 Å². The Morgan fingerprint density at radius 2 is 1.61 bits per heavy atom. The maximum absolute atomic E-state index is 13.1. The summed E-state index contributed by atoms with van der Waals surface area (Å²) in [6.07, 6.45) is 2.81. The van der Waals surface area contributed by atoms with Crippen LogP contribution in [0.25, 0.3) is 10.8 Å². The number of sulfonamides is 1. The summed E-state index contributed by atoms with van der Waals surface area (Å²) in [7, 11) is 0.129. The van der Waals surface area contributed by atoms with Gasteiger partial charge >= 0.3 is 0 Å². The molecule has 0 radical (unpaired) electrons. The van der Waals surface area contributed by atoms with E-state index in [4.69, 9.17) is 0 Å². The molecule has 1 amide bonds. The van der Waals surface area contributed by atoms with Gasteiger partial charge in [0.15, 0.2) is 0 Å². The molecular formula is C24H27N3O3S. The first-order valence-corrected chi connectivity index (χ1v) is 11.9. The first-order valence-electron chi connectivity index (χ1n) is 10.5. The predicted molar refractivity (Wildman–Crippen MR) is 125 cm³/mol. The fourth-order valence-electron chi connectivity index (χ4n) is 3.95. The van der Waals surface area contributed by atoms with Crippen molar-refractivity contribution in [2.75, 3.05) is 37.4 Å². The molecule has 1 N–H and O–H groups in total. The van der Waals surface area contributed by atoms with E-state index in [0.29, 0.717) is 24.3 Å². The van der Waals surface area contributed by atoms with E-state index in [1.165, 1.54) is 4.31 Å². The molecule has 3 aromatic rings. The van der Waals surface area contributed by atoms with Crippen LogP contribution < -0.4 is 10.2 Å². The zero-order valence-corrected chi connectivity index (χ0v) is 18.7. The van der Waals surface area contributed by atoms with Gasteiger partial charge in [-0.25, -0.2) is 8.42 Å². The lowest BCUT2D eigenvalue weighted by atomic mass is 10.1. The van der Waals surface area contributed by atoms with Crippen molar-refractivity contribution in [3.05, 3.63) is 66.2 Å². The molecule has 0 saturated carbocycles. The standard InChI is InChI=1S/C24H27N3O3S/c1-26(2)23-13-12-21(31(29,30)27-14-6-3-7-15-27)17-22(23)25-24(28)20-11-10-18-8-4-5-9-19(18)16-20/h4-5,8-13,16-17H,3,6-7,14-15H2,1-2H3,(H,25,28). The van der Waals surface area contributed by atoms with E-state index in [0.717, 1.165) is 35.7 Å². The van der Waals surface area contributed by atoms with Gasteiger partial charge in [0.2, 0.25) is 10.0 Å². The largest absolute Gasteiger partial charge is 0.376 e. The van der Waals surface area contributed by atoms with E-state index in [9.17, 15) is 13.2 Å². The van der Waals surface area contributed by atoms with Crippen LogP contribution in [0.3, 0.4) is 0 Å². The molecule has 0 aliphatic carbocycles. The van der Waals surface area contributed by atoms with E-state index in [1.54, 1.807) is 24.3 Å². The lowest BCUT2D eigenvalue weighted by Gasteiger charge is -2.26. The number of piperidine rings is 1. The minimum absolute atomic E-state index is 0.203. The van der Waals surface area contributed by atoms with Crippen LogP contribution in [0.4, 0.5) is 11.4 Å². The highest BCUT2D eigenvalue weighted by atomic mass is 32.2. The van der Waals surface area contributed by atoms with Gasteiger partial charge in [-0.05, 0) is 53.9 Å². The van der Waals surface area contributed by atoms with Crippen molar-refractivity contribution in [2.45, 2.75) is 24.2 Å². The van der Waals surface area contributed by atoms with Crippen LogP contribution in [0.15, 0.2) is 65.6 Å². The molecule has 4 rings (SSSR count). The van der Waals surface area contributed by atoms with Crippen LogP contribution in [0.5, 0.6) is 0 Å². The summed E-state index contributed by atoms with van der Waals surface area (Å²) in [5, 5.41) is 4.96. The average molecular weight is 438 g/mol. The van der Waals surface area contributed by atoms with Crippen molar-refractivity contribution in [3.8, 4) is 0 Å². The van der Waals surface area contributed by atoms with Gasteiger partial charge in [-0.15, -0.1) is 0 Å². The van der Waals surface area contributed by atoms with Gasteiger partial charge in [0.1, 0.15) is 0 Å². The number of amides is 1. The smallest absolute Gasteiger partial charge is 0.255 e. The van der Waals surface area contributed by atoms with Crippen LogP contribution in [0.2, 0.25) is 0 Å². The molecule has 0 spiro atoms. The average Bonchev–Trinajstić information content (AvgIpc) is 2.79. The van der Waals surface area contributed by atoms with E-state index in [1.807, 2.05) is 55.4 Å². The number of fused-ring (bicyclic) bond motifs is 1. The van der Waals surface area contributed by atoms with Crippen molar-refractivity contribution in [1.82, 2.24) is 4.31 Å². The normalized spacial score (nSPS) is 15.0. The molecular weight excluding hydrogens is 410 g/mol. The Hall–Kier alpha value is -2.90. The topological polar surface area (TPSA) is 69.7 Å². The highest BCUT2D eigenvalue weighted by Gasteiger charge is 2.27. The molecule has 6 nitrogen and oxygen atoms in total. The van der Waals surface area contributed by atoms with Crippen molar-refractivity contribution in [3.63, 3.8) is 0 Å². The van der Waals surface area contributed by atoms with Crippen molar-refractivity contribution in [1.29, 1.82) is 0 Å². The number of rotatable bonds is 5. The second-order valence-corrected chi connectivity index (χ2v) is 9.99. The number of anilines is 2. The SMILES string of the molecule is CN(C)c1ccc(S(=O)(=O)N2CCCCC2)cc1NC(=O)c1ccc2ccccc2c1. The monoisotopic (exact) mass is 437 g/mol. The van der Waals surface area contributed by atoms with Crippen molar-refractivity contribution < 1.29 is 13.2 Å². The third-order valence-corrected chi connectivity index (χ3v) is 7.56. The molecule has 1 heterocycles. The van der Waals surface area contributed by atoms with Gasteiger partial charge in [0.05, 0.1) is 16.3 Å². The summed E-state index contributed by atoms with van der Waals surface area (Å²) in [6, 6.07) is 18.3. The number of hydrogen-bond donors (Lipinski definition) is 1. The van der Waals surface area contributed by atoms with Gasteiger partial charge in [0.25, 0.3) is 5.91 Å². The van der Waals surface area contributed by atoms with Crippen LogP contribution in [-0.4, -0.2) is 45.8 Å². The number of carbonyl (C=O) groups is 1. The lowest BCUT2D eigenvalue weighted by molar-refractivity contribution is 0.102. The maximum Gasteiger partial charge on any atom is 0.255 e. The summed E-state index contributed by atoms with van der Waals surface area (Å²) in [4.78, 5) is 15.1. The molecule has 162 valence electrons. The summed E-state index contributed by atoms with van der Waals surface area (Å²) in [5.74, 6) is -0.277. The Labute approximate surface area is 183 Å². The number of carbonyl (C=O) groups excluding carboxylic acids is 1. The molecule has 0 atom stereocenters. The van der Waals surface area contributed by atoms with Gasteiger partial charge in [-0.2, -0.15) is 4.31 Å². The fourth-order valence-corrected chi connectivity index (χ4v) is 5.49. The fraction of sp³-hybridized carbons (Fsp3) is 0.292. The highest BCUT2D eigenvalue weighted by molar-refractivity contribution is 7.89. The summed E-state index contributed by atoms with van der Waals surface area (Å²) in [5.41, 5.74) is 1.74. The highest BCUT2D eigenvalue weighted by Crippen LogP contribution is 2.30. The van der Waals surface area contributed by atoms with Crippen molar-refractivity contribution in [2.24, 2.45) is 0 Å². The Bertz CT molecular complexity index is 1220. The third kappa shape index (κ3) is 4.43. The summed E-state index contributed by atoms with van der Waals surface area (Å²) in [6.45, 7) is 1.08. The van der Waals surface area contributed by atoms with Crippen LogP contribution in [-0.2, 0) is 10.0 Å². The molecule has 1 fully saturated rings. The van der Waals surface area contributed by atoms with Gasteiger partial charge in [-0.3, -0.25) is 4.79 Å². The van der Waals surface area contributed by atoms with E-state index >= 15 is 0 Å². The number of nitrogens with zero attached hydrogens (tertiary/aromatic N) is 2. The first-order chi connectivity index (χ1) is 14.9. The molecule has 1 saturated heterocycles. The van der Waals surface area contributed by atoms with E-state index in [-0.39, 0.29) is 10.8 Å². The Balaban J connectivity index is 1.67. The molecule has 1 aliphatic rings. The van der Waals surface area contributed by atoms with Gasteiger partial charge in [-0.1, -0.05) is 36.8 Å². The quantitative estimate of drug-likeness (QED) is 0.645. The summed E-state index contributed by atoms with van der Waals surface area (Å²) < 4.78 is 27.8. The molecule has 7 heteroatoms. The lowest BCUT2D eigenvalue weighted by Crippen LogP contribution is -2.35. The number of nitrogens with one attached hydrogen (secondary N) is 1. The van der Waals surface area contributed by atoms with Crippen LogP contribution in [0, 0.1) is 0 Å². The van der Waals surface area contributed by atoms with E-state index in [2.05, 4.69) is 5.32 Å². The van der Waals surface area contributed by atoms with Crippen LogP contribution in [0.1, 0.15) is 29.6 Å². The van der Waals surface area contributed by atoms with Gasteiger partial charge in [0, 0.05) is 32.7 Å². The second-order valence-electron chi connectivity index (χ2n) is 8.05. The van der Waals surface area contributed by atoms with Crippen LogP contribution >= 0.6 is 0 Å². The Morgan fingerprint density at radius 1 is 0.903 bits per heavy atom. The molecule has 0 unspecified atom stereocenters. The molecule has 3 aromatic carbocycles. The minimum Gasteiger partial charge on any atom is -0.376 e. The van der Waals surface area contributed by atoms with Gasteiger partial charge < -0.3 is 10.2 Å². The maximum atomic E-state index is 13.1. The molecule has 0 aromatic heterocycles. The number of hydrogen-bond acceptors (Lipinski definition) is 4. The minimum atomic E-state index is -3.59. The predicted octanol–water partition coefficient (Wildman–Crippen LogP) is 4.33. The third-order valence-electron chi connectivity index (χ3n) is 5.66. The molecule has 1 aliphatic heterocycles. The second kappa shape index (κ2) is 8.69. The molecule has 0 bridgehead atoms. The zero-order valence-electron chi connectivity index (χ0n) is 17.8. The van der Waals surface area contributed by atoms with E-state index < -0.39 is 10.0 Å². The number of benzene rings is 3.